The minimum atomic E-state index is -0.158. The van der Waals surface area contributed by atoms with Gasteiger partial charge in [-0.05, 0) is 86.0 Å². The molecule has 3 nitrogen and oxygen atoms in total. The highest BCUT2D eigenvalue weighted by atomic mass is 16.5. The number of rotatable bonds is 4. The van der Waals surface area contributed by atoms with Crippen molar-refractivity contribution in [3.05, 3.63) is 12.2 Å². The summed E-state index contributed by atoms with van der Waals surface area (Å²) in [5, 5.41) is 10.2. The Morgan fingerprint density at radius 2 is 1.96 bits per heavy atom. The zero-order valence-corrected chi connectivity index (χ0v) is 15.9. The monoisotopic (exact) mass is 335 g/mol. The van der Waals surface area contributed by atoms with Crippen LogP contribution >= 0.6 is 0 Å². The zero-order valence-electron chi connectivity index (χ0n) is 15.9. The van der Waals surface area contributed by atoms with E-state index in [1.807, 2.05) is 0 Å². The predicted octanol–water partition coefficient (Wildman–Crippen LogP) is 3.76. The Labute approximate surface area is 148 Å². The lowest BCUT2D eigenvalue weighted by Gasteiger charge is -2.56. The van der Waals surface area contributed by atoms with Gasteiger partial charge in [0.1, 0.15) is 0 Å². The molecule has 0 spiro atoms. The van der Waals surface area contributed by atoms with E-state index < -0.39 is 0 Å². The minimum absolute atomic E-state index is 0.158. The molecule has 138 valence electrons. The molecule has 0 radical (unpaired) electrons. The van der Waals surface area contributed by atoms with Crippen molar-refractivity contribution < 1.29 is 9.84 Å². The maximum Gasteiger partial charge on any atom is 0.0544 e. The second kappa shape index (κ2) is 6.74. The largest absolute Gasteiger partial charge is 0.393 e. The Kier molecular flexibility index (Phi) is 5.17. The van der Waals surface area contributed by atoms with Gasteiger partial charge in [-0.3, -0.25) is 0 Å². The molecule has 3 fully saturated rings. The molecule has 3 heteroatoms. The van der Waals surface area contributed by atoms with Gasteiger partial charge in [0.25, 0.3) is 0 Å². The van der Waals surface area contributed by atoms with Gasteiger partial charge in [-0.1, -0.05) is 26.0 Å². The molecule has 2 unspecified atom stereocenters. The summed E-state index contributed by atoms with van der Waals surface area (Å²) in [6.07, 6.45) is 7.72. The SMILES string of the molecule is C=C1CCC2[C@@H](CN)C([C@@]3(C)CC[C@H](O)C[C@@H]3COC)CC[C@]12C. The van der Waals surface area contributed by atoms with E-state index in [1.165, 1.54) is 31.3 Å². The molecule has 0 bridgehead atoms. The molecule has 0 aliphatic heterocycles. The van der Waals surface area contributed by atoms with E-state index in [-0.39, 0.29) is 11.5 Å². The average molecular weight is 336 g/mol. The third kappa shape index (κ3) is 2.77. The number of methoxy groups -OCH3 is 1. The lowest BCUT2D eigenvalue weighted by atomic mass is 9.49. The number of hydrogen-bond acceptors (Lipinski definition) is 3. The Morgan fingerprint density at radius 1 is 1.21 bits per heavy atom. The molecular formula is C21H37NO2. The summed E-state index contributed by atoms with van der Waals surface area (Å²) in [4.78, 5) is 0. The van der Waals surface area contributed by atoms with Gasteiger partial charge >= 0.3 is 0 Å². The summed E-state index contributed by atoms with van der Waals surface area (Å²) in [5.41, 5.74) is 8.36. The van der Waals surface area contributed by atoms with Crippen LogP contribution in [0.4, 0.5) is 0 Å². The van der Waals surface area contributed by atoms with Crippen molar-refractivity contribution >= 4 is 0 Å². The maximum atomic E-state index is 10.2. The first-order chi connectivity index (χ1) is 11.4. The Balaban J connectivity index is 1.88. The molecule has 3 aliphatic carbocycles. The Bertz CT molecular complexity index is 478. The third-order valence-electron chi connectivity index (χ3n) is 8.38. The van der Waals surface area contributed by atoms with Crippen LogP contribution in [0.3, 0.4) is 0 Å². The second-order valence-corrected chi connectivity index (χ2v) is 9.30. The van der Waals surface area contributed by atoms with Crippen molar-refractivity contribution in [3.63, 3.8) is 0 Å². The summed E-state index contributed by atoms with van der Waals surface area (Å²) in [6, 6.07) is 0. The first-order valence-corrected chi connectivity index (χ1v) is 9.92. The van der Waals surface area contributed by atoms with Crippen molar-refractivity contribution in [3.8, 4) is 0 Å². The summed E-state index contributed by atoms with van der Waals surface area (Å²) in [6.45, 7) is 10.8. The van der Waals surface area contributed by atoms with Crippen LogP contribution in [-0.2, 0) is 4.74 Å². The van der Waals surface area contributed by atoms with Crippen LogP contribution < -0.4 is 5.73 Å². The van der Waals surface area contributed by atoms with Gasteiger partial charge in [-0.15, -0.1) is 0 Å². The first kappa shape index (κ1) is 18.4. The number of hydrogen-bond donors (Lipinski definition) is 2. The van der Waals surface area contributed by atoms with Crippen LogP contribution in [0.5, 0.6) is 0 Å². The van der Waals surface area contributed by atoms with Gasteiger partial charge in [0.15, 0.2) is 0 Å². The lowest BCUT2D eigenvalue weighted by molar-refractivity contribution is -0.0960. The van der Waals surface area contributed by atoms with Gasteiger partial charge in [0, 0.05) is 13.7 Å². The molecule has 0 heterocycles. The van der Waals surface area contributed by atoms with E-state index >= 15 is 0 Å². The lowest BCUT2D eigenvalue weighted by Crippen LogP contribution is -2.52. The van der Waals surface area contributed by atoms with Crippen molar-refractivity contribution in [2.24, 2.45) is 40.2 Å². The highest BCUT2D eigenvalue weighted by molar-refractivity contribution is 5.20. The Morgan fingerprint density at radius 3 is 2.62 bits per heavy atom. The van der Waals surface area contributed by atoms with Gasteiger partial charge in [0.2, 0.25) is 0 Å². The molecule has 0 aromatic rings. The first-order valence-electron chi connectivity index (χ1n) is 9.92. The van der Waals surface area contributed by atoms with E-state index in [4.69, 9.17) is 10.5 Å². The van der Waals surface area contributed by atoms with Gasteiger partial charge in [0.05, 0.1) is 6.10 Å². The van der Waals surface area contributed by atoms with Crippen LogP contribution in [0.2, 0.25) is 0 Å². The molecule has 7 atom stereocenters. The average Bonchev–Trinajstić information content (AvgIpc) is 2.86. The molecule has 24 heavy (non-hydrogen) atoms. The molecule has 3 saturated carbocycles. The molecule has 0 saturated heterocycles. The number of nitrogens with two attached hydrogens (primary N) is 1. The van der Waals surface area contributed by atoms with Crippen LogP contribution in [-0.4, -0.2) is 31.5 Å². The fourth-order valence-electron chi connectivity index (χ4n) is 6.69. The molecular weight excluding hydrogens is 298 g/mol. The van der Waals surface area contributed by atoms with Crippen molar-refractivity contribution in [2.75, 3.05) is 20.3 Å². The minimum Gasteiger partial charge on any atom is -0.393 e. The van der Waals surface area contributed by atoms with Gasteiger partial charge < -0.3 is 15.6 Å². The predicted molar refractivity (Wildman–Crippen MR) is 98.6 cm³/mol. The van der Waals surface area contributed by atoms with Crippen LogP contribution in [0.1, 0.15) is 58.8 Å². The quantitative estimate of drug-likeness (QED) is 0.769. The second-order valence-electron chi connectivity index (χ2n) is 9.30. The molecule has 0 amide bonds. The molecule has 3 N–H and O–H groups in total. The van der Waals surface area contributed by atoms with Gasteiger partial charge in [-0.25, -0.2) is 0 Å². The maximum absolute atomic E-state index is 10.2. The molecule has 0 aromatic carbocycles. The van der Waals surface area contributed by atoms with Crippen molar-refractivity contribution in [1.82, 2.24) is 0 Å². The summed E-state index contributed by atoms with van der Waals surface area (Å²) in [7, 11) is 1.79. The van der Waals surface area contributed by atoms with E-state index in [1.54, 1.807) is 7.11 Å². The zero-order chi connectivity index (χ0) is 17.5. The normalized spacial score (nSPS) is 49.2. The fraction of sp³-hybridized carbons (Fsp3) is 0.905. The Hall–Kier alpha value is -0.380. The van der Waals surface area contributed by atoms with Gasteiger partial charge in [-0.2, -0.15) is 0 Å². The number of aliphatic hydroxyl groups excluding tert-OH is 1. The summed E-state index contributed by atoms with van der Waals surface area (Å²) in [5.74, 6) is 2.38. The van der Waals surface area contributed by atoms with Crippen molar-refractivity contribution in [2.45, 2.75) is 64.9 Å². The molecule has 0 aromatic heterocycles. The topological polar surface area (TPSA) is 55.5 Å². The van der Waals surface area contributed by atoms with E-state index in [0.29, 0.717) is 29.1 Å². The highest BCUT2D eigenvalue weighted by Crippen LogP contribution is 2.63. The summed E-state index contributed by atoms with van der Waals surface area (Å²) >= 11 is 0. The third-order valence-corrected chi connectivity index (χ3v) is 8.38. The number of ether oxygens (including phenoxy) is 1. The standard InChI is InChI=1S/C21H37NO2/c1-14-5-6-18-17(12-22)19(8-10-20(14,18)2)21(3)9-7-16(23)11-15(21)13-24-4/h15-19,23H,1,5-13,22H2,2-4H3/t15-,16+,17-,18?,19?,20-,21+/m1/s1. The van der Waals surface area contributed by atoms with E-state index in [9.17, 15) is 5.11 Å². The smallest absolute Gasteiger partial charge is 0.0544 e. The van der Waals surface area contributed by atoms with Crippen molar-refractivity contribution in [1.29, 1.82) is 0 Å². The summed E-state index contributed by atoms with van der Waals surface area (Å²) < 4.78 is 5.55. The van der Waals surface area contributed by atoms with E-state index in [0.717, 1.165) is 32.4 Å². The molecule has 3 rings (SSSR count). The molecule has 3 aliphatic rings. The van der Waals surface area contributed by atoms with Crippen LogP contribution in [0.15, 0.2) is 12.2 Å². The highest BCUT2D eigenvalue weighted by Gasteiger charge is 2.56. The number of allylic oxidation sites excluding steroid dienone is 1. The van der Waals surface area contributed by atoms with Crippen LogP contribution in [0.25, 0.3) is 0 Å². The number of aliphatic hydroxyl groups is 1. The van der Waals surface area contributed by atoms with E-state index in [2.05, 4.69) is 20.4 Å². The van der Waals surface area contributed by atoms with Crippen LogP contribution in [0, 0.1) is 34.5 Å². The number of fused-ring (bicyclic) bond motifs is 1. The fourth-order valence-corrected chi connectivity index (χ4v) is 6.69.